The minimum atomic E-state index is -0.160. The van der Waals surface area contributed by atoms with Crippen molar-refractivity contribution in [3.8, 4) is 16.3 Å². The summed E-state index contributed by atoms with van der Waals surface area (Å²) in [6, 6.07) is 12.1. The number of aryl methyl sites for hydroxylation is 1. The van der Waals surface area contributed by atoms with Gasteiger partial charge in [0.15, 0.2) is 0 Å². The Labute approximate surface area is 221 Å². The van der Waals surface area contributed by atoms with Crippen LogP contribution in [0.2, 0.25) is 0 Å². The zero-order valence-electron chi connectivity index (χ0n) is 21.7. The van der Waals surface area contributed by atoms with E-state index in [1.807, 2.05) is 31.3 Å². The van der Waals surface area contributed by atoms with Crippen LogP contribution in [0.15, 0.2) is 54.3 Å². The van der Waals surface area contributed by atoms with Crippen LogP contribution in [0.4, 0.5) is 5.69 Å². The highest BCUT2D eigenvalue weighted by Crippen LogP contribution is 2.28. The Morgan fingerprint density at radius 3 is 2.68 bits per heavy atom. The molecule has 0 bridgehead atoms. The zero-order chi connectivity index (χ0) is 26.0. The number of aromatic nitrogens is 4. The summed E-state index contributed by atoms with van der Waals surface area (Å²) in [5, 5.41) is 11.7. The second kappa shape index (κ2) is 10.5. The lowest BCUT2D eigenvalue weighted by molar-refractivity contribution is 0.0342. The van der Waals surface area contributed by atoms with Gasteiger partial charge < -0.3 is 10.1 Å². The molecule has 1 N–H and O–H groups in total. The summed E-state index contributed by atoms with van der Waals surface area (Å²) in [4.78, 5) is 20.8. The van der Waals surface area contributed by atoms with Gasteiger partial charge in [0.2, 0.25) is 0 Å². The van der Waals surface area contributed by atoms with Crippen molar-refractivity contribution < 1.29 is 9.53 Å². The van der Waals surface area contributed by atoms with Gasteiger partial charge in [-0.1, -0.05) is 38.1 Å². The number of benzene rings is 2. The SMILES string of the molecule is Cc1ccc(C(=O)Nc2cc(CN3CCOCC3)cc(C(C)(C)C)c2)cc1-n1cc(-c2cncs2)nn1. The topological polar surface area (TPSA) is 85.2 Å². The number of nitrogens with zero attached hydrogens (tertiary/aromatic N) is 5. The highest BCUT2D eigenvalue weighted by molar-refractivity contribution is 7.13. The highest BCUT2D eigenvalue weighted by Gasteiger charge is 2.19. The van der Waals surface area contributed by atoms with Crippen LogP contribution in [0.5, 0.6) is 0 Å². The monoisotopic (exact) mass is 516 g/mol. The number of nitrogens with one attached hydrogen (secondary N) is 1. The lowest BCUT2D eigenvalue weighted by atomic mass is 9.85. The minimum Gasteiger partial charge on any atom is -0.379 e. The van der Waals surface area contributed by atoms with Crippen LogP contribution in [0, 0.1) is 6.92 Å². The maximum Gasteiger partial charge on any atom is 0.255 e. The molecule has 1 fully saturated rings. The largest absolute Gasteiger partial charge is 0.379 e. The summed E-state index contributed by atoms with van der Waals surface area (Å²) < 4.78 is 7.21. The Bertz CT molecular complexity index is 1380. The second-order valence-corrected chi connectivity index (χ2v) is 11.3. The summed E-state index contributed by atoms with van der Waals surface area (Å²) in [6.45, 7) is 12.8. The molecule has 37 heavy (non-hydrogen) atoms. The van der Waals surface area contributed by atoms with Crippen molar-refractivity contribution in [2.75, 3.05) is 31.6 Å². The van der Waals surface area contributed by atoms with Crippen molar-refractivity contribution in [2.24, 2.45) is 0 Å². The molecule has 1 saturated heterocycles. The van der Waals surface area contributed by atoms with Gasteiger partial charge in [-0.3, -0.25) is 14.7 Å². The Hall–Kier alpha value is -3.40. The van der Waals surface area contributed by atoms with Gasteiger partial charge in [-0.2, -0.15) is 0 Å². The summed E-state index contributed by atoms with van der Waals surface area (Å²) in [6.07, 6.45) is 3.64. The van der Waals surface area contributed by atoms with Gasteiger partial charge in [0.05, 0.1) is 35.5 Å². The first-order valence-corrected chi connectivity index (χ1v) is 13.3. The van der Waals surface area contributed by atoms with E-state index in [9.17, 15) is 4.79 Å². The molecule has 8 nitrogen and oxygen atoms in total. The first-order chi connectivity index (χ1) is 17.8. The quantitative estimate of drug-likeness (QED) is 0.385. The van der Waals surface area contributed by atoms with Crippen LogP contribution >= 0.6 is 11.3 Å². The average molecular weight is 517 g/mol. The van der Waals surface area contributed by atoms with Crippen LogP contribution in [0.1, 0.15) is 47.8 Å². The van der Waals surface area contributed by atoms with Crippen LogP contribution in [0.25, 0.3) is 16.3 Å². The third-order valence-corrected chi connectivity index (χ3v) is 7.32. The summed E-state index contributed by atoms with van der Waals surface area (Å²) in [5.74, 6) is -0.160. The van der Waals surface area contributed by atoms with Crippen LogP contribution in [-0.4, -0.2) is 57.1 Å². The van der Waals surface area contributed by atoms with Crippen molar-refractivity contribution in [2.45, 2.75) is 39.7 Å². The molecular weight excluding hydrogens is 484 g/mol. The lowest BCUT2D eigenvalue weighted by Crippen LogP contribution is -2.35. The molecule has 0 saturated carbocycles. The average Bonchev–Trinajstić information content (AvgIpc) is 3.57. The molecule has 5 rings (SSSR count). The standard InChI is InChI=1S/C28H32N6O2S/c1-19-5-6-21(13-25(19)34-17-24(31-32-34)26-15-29-18-37-26)27(35)30-23-12-20(11-22(14-23)28(2,3)4)16-33-7-9-36-10-8-33/h5-6,11-15,17-18H,7-10,16H2,1-4H3,(H,30,35). The summed E-state index contributed by atoms with van der Waals surface area (Å²) in [7, 11) is 0. The van der Waals surface area contributed by atoms with Crippen molar-refractivity contribution in [3.05, 3.63) is 76.6 Å². The number of rotatable bonds is 6. The van der Waals surface area contributed by atoms with Gasteiger partial charge in [-0.05, 0) is 53.3 Å². The number of hydrogen-bond donors (Lipinski definition) is 1. The number of carbonyl (C=O) groups is 1. The smallest absolute Gasteiger partial charge is 0.255 e. The van der Waals surface area contributed by atoms with Gasteiger partial charge in [0, 0.05) is 37.1 Å². The number of thiazole rings is 1. The molecule has 4 aromatic rings. The lowest BCUT2D eigenvalue weighted by Gasteiger charge is -2.28. The van der Waals surface area contributed by atoms with E-state index >= 15 is 0 Å². The van der Waals surface area contributed by atoms with Gasteiger partial charge in [0.25, 0.3) is 5.91 Å². The number of amides is 1. The van der Waals surface area contributed by atoms with Gasteiger partial charge in [0.1, 0.15) is 5.69 Å². The predicted octanol–water partition coefficient (Wildman–Crippen LogP) is 5.08. The first kappa shape index (κ1) is 25.3. The molecule has 1 aliphatic rings. The zero-order valence-corrected chi connectivity index (χ0v) is 22.5. The number of carbonyl (C=O) groups excluding carboxylic acids is 1. The minimum absolute atomic E-state index is 0.0413. The fourth-order valence-electron chi connectivity index (χ4n) is 4.34. The van der Waals surface area contributed by atoms with Crippen LogP contribution in [0.3, 0.4) is 0 Å². The second-order valence-electron chi connectivity index (χ2n) is 10.4. The molecule has 0 unspecified atom stereocenters. The van der Waals surface area contributed by atoms with E-state index in [0.29, 0.717) is 5.56 Å². The Balaban J connectivity index is 1.39. The van der Waals surface area contributed by atoms with E-state index in [4.69, 9.17) is 4.74 Å². The van der Waals surface area contributed by atoms with Crippen molar-refractivity contribution >= 4 is 22.9 Å². The van der Waals surface area contributed by atoms with Crippen LogP contribution < -0.4 is 5.32 Å². The molecule has 3 heterocycles. The maximum atomic E-state index is 13.4. The highest BCUT2D eigenvalue weighted by atomic mass is 32.1. The third-order valence-electron chi connectivity index (χ3n) is 6.52. The van der Waals surface area contributed by atoms with E-state index in [1.54, 1.807) is 16.4 Å². The third kappa shape index (κ3) is 5.95. The summed E-state index contributed by atoms with van der Waals surface area (Å²) in [5.41, 5.74) is 8.04. The number of ether oxygens (including phenoxy) is 1. The fraction of sp³-hybridized carbons (Fsp3) is 0.357. The Morgan fingerprint density at radius 2 is 1.95 bits per heavy atom. The van der Waals surface area contributed by atoms with Crippen LogP contribution in [-0.2, 0) is 16.7 Å². The molecule has 2 aromatic heterocycles. The van der Waals surface area contributed by atoms with E-state index in [2.05, 4.69) is 64.5 Å². The Morgan fingerprint density at radius 1 is 1.14 bits per heavy atom. The molecule has 1 amide bonds. The first-order valence-electron chi connectivity index (χ1n) is 12.4. The number of morpholine rings is 1. The summed E-state index contributed by atoms with van der Waals surface area (Å²) >= 11 is 1.51. The maximum absolute atomic E-state index is 13.4. The van der Waals surface area contributed by atoms with E-state index in [1.165, 1.54) is 22.5 Å². The molecule has 1 aliphatic heterocycles. The molecule has 0 spiro atoms. The van der Waals surface area contributed by atoms with Gasteiger partial charge in [-0.15, -0.1) is 16.4 Å². The number of hydrogen-bond acceptors (Lipinski definition) is 7. The molecular formula is C28H32N6O2S. The molecule has 0 radical (unpaired) electrons. The van der Waals surface area contributed by atoms with Crippen molar-refractivity contribution in [1.82, 2.24) is 24.9 Å². The van der Waals surface area contributed by atoms with Gasteiger partial charge >= 0.3 is 0 Å². The normalized spacial score (nSPS) is 14.6. The van der Waals surface area contributed by atoms with Crippen molar-refractivity contribution in [1.29, 1.82) is 0 Å². The molecule has 192 valence electrons. The van der Waals surface area contributed by atoms with Crippen molar-refractivity contribution in [3.63, 3.8) is 0 Å². The predicted molar refractivity (Wildman–Crippen MR) is 146 cm³/mol. The van der Waals surface area contributed by atoms with Gasteiger partial charge in [-0.25, -0.2) is 4.68 Å². The van der Waals surface area contributed by atoms with E-state index < -0.39 is 0 Å². The number of anilines is 1. The van der Waals surface area contributed by atoms with E-state index in [0.717, 1.165) is 60.4 Å². The molecule has 2 aromatic carbocycles. The molecule has 9 heteroatoms. The fourth-order valence-corrected chi connectivity index (χ4v) is 4.91. The Kier molecular flexibility index (Phi) is 7.19. The molecule has 0 atom stereocenters. The molecule has 0 aliphatic carbocycles. The van der Waals surface area contributed by atoms with E-state index in [-0.39, 0.29) is 11.3 Å².